The fraction of sp³-hybridized carbons (Fsp3) is 0.0667. The summed E-state index contributed by atoms with van der Waals surface area (Å²) in [6, 6.07) is 13.6. The summed E-state index contributed by atoms with van der Waals surface area (Å²) in [5.74, 6) is -1.56. The molecule has 0 atom stereocenters. The first-order valence-electron chi connectivity index (χ1n) is 6.15. The van der Waals surface area contributed by atoms with Crippen LogP contribution in [-0.2, 0) is 4.79 Å². The van der Waals surface area contributed by atoms with Gasteiger partial charge in [-0.25, -0.2) is 9.80 Å². The number of halogens is 1. The number of aromatic carboxylic acids is 1. The van der Waals surface area contributed by atoms with Crippen LogP contribution in [-0.4, -0.2) is 17.0 Å². The largest absolute Gasteiger partial charge is 0.478 e. The van der Waals surface area contributed by atoms with Gasteiger partial charge in [-0.15, -0.1) is 0 Å². The molecule has 0 aromatic heterocycles. The van der Waals surface area contributed by atoms with Crippen LogP contribution in [0.25, 0.3) is 0 Å². The van der Waals surface area contributed by atoms with E-state index >= 15 is 0 Å². The number of anilines is 2. The Bertz CT molecular complexity index is 674. The van der Waals surface area contributed by atoms with E-state index in [1.54, 1.807) is 30.3 Å². The van der Waals surface area contributed by atoms with Crippen molar-refractivity contribution in [2.45, 2.75) is 6.92 Å². The maximum absolute atomic E-state index is 11.9. The summed E-state index contributed by atoms with van der Waals surface area (Å²) >= 11 is 5.93. The van der Waals surface area contributed by atoms with Gasteiger partial charge in [-0.1, -0.05) is 35.9 Å². The SMILES string of the molecule is CC(=O)N(Nc1ccccc1)c1cccc(Cl)c1C(=O)O. The van der Waals surface area contributed by atoms with Gasteiger partial charge >= 0.3 is 5.97 Å². The molecule has 2 aromatic rings. The van der Waals surface area contributed by atoms with Gasteiger partial charge in [-0.3, -0.25) is 10.2 Å². The van der Waals surface area contributed by atoms with Crippen molar-refractivity contribution in [1.82, 2.24) is 0 Å². The Morgan fingerprint density at radius 3 is 2.33 bits per heavy atom. The van der Waals surface area contributed by atoms with Crippen LogP contribution in [0.2, 0.25) is 5.02 Å². The number of para-hydroxylation sites is 1. The summed E-state index contributed by atoms with van der Waals surface area (Å²) < 4.78 is 0. The first-order chi connectivity index (χ1) is 10.0. The molecule has 0 unspecified atom stereocenters. The van der Waals surface area contributed by atoms with E-state index in [1.807, 2.05) is 6.07 Å². The molecule has 0 bridgehead atoms. The summed E-state index contributed by atoms with van der Waals surface area (Å²) in [7, 11) is 0. The molecule has 1 amide bonds. The number of amides is 1. The molecule has 6 heteroatoms. The molecule has 2 N–H and O–H groups in total. The van der Waals surface area contributed by atoms with Crippen LogP contribution in [0.4, 0.5) is 11.4 Å². The normalized spacial score (nSPS) is 10.0. The van der Waals surface area contributed by atoms with Gasteiger partial charge in [-0.05, 0) is 24.3 Å². The number of hydrogen-bond acceptors (Lipinski definition) is 3. The quantitative estimate of drug-likeness (QED) is 0.849. The molecule has 21 heavy (non-hydrogen) atoms. The molecule has 0 aliphatic carbocycles. The second-order valence-corrected chi connectivity index (χ2v) is 4.68. The molecule has 0 fully saturated rings. The van der Waals surface area contributed by atoms with Crippen LogP contribution >= 0.6 is 11.6 Å². The van der Waals surface area contributed by atoms with Crippen LogP contribution in [0.5, 0.6) is 0 Å². The highest BCUT2D eigenvalue weighted by atomic mass is 35.5. The average Bonchev–Trinajstić information content (AvgIpc) is 2.45. The number of carbonyl (C=O) groups excluding carboxylic acids is 1. The Balaban J connectivity index is 2.47. The lowest BCUT2D eigenvalue weighted by Crippen LogP contribution is -2.35. The van der Waals surface area contributed by atoms with Gasteiger partial charge in [0.1, 0.15) is 5.56 Å². The van der Waals surface area contributed by atoms with Crippen molar-refractivity contribution in [3.05, 3.63) is 59.1 Å². The lowest BCUT2D eigenvalue weighted by molar-refractivity contribution is -0.116. The maximum Gasteiger partial charge on any atom is 0.339 e. The molecule has 0 spiro atoms. The molecule has 0 aliphatic rings. The van der Waals surface area contributed by atoms with Gasteiger partial charge in [0.25, 0.3) is 0 Å². The summed E-state index contributed by atoms with van der Waals surface area (Å²) in [4.78, 5) is 23.2. The molecule has 2 rings (SSSR count). The van der Waals surface area contributed by atoms with E-state index in [-0.39, 0.29) is 22.2 Å². The summed E-state index contributed by atoms with van der Waals surface area (Å²) in [5, 5.41) is 10.5. The third-order valence-corrected chi connectivity index (χ3v) is 3.09. The molecule has 108 valence electrons. The number of benzene rings is 2. The Morgan fingerprint density at radius 2 is 1.76 bits per heavy atom. The Morgan fingerprint density at radius 1 is 1.10 bits per heavy atom. The predicted molar refractivity (Wildman–Crippen MR) is 81.6 cm³/mol. The first-order valence-corrected chi connectivity index (χ1v) is 6.52. The number of carbonyl (C=O) groups is 2. The van der Waals surface area contributed by atoms with Gasteiger partial charge in [0.05, 0.1) is 16.4 Å². The number of rotatable bonds is 4. The highest BCUT2D eigenvalue weighted by Crippen LogP contribution is 2.28. The minimum atomic E-state index is -1.20. The van der Waals surface area contributed by atoms with E-state index in [0.717, 1.165) is 5.01 Å². The standard InChI is InChI=1S/C15H13ClN2O3/c1-10(19)18(17-11-6-3-2-4-7-11)13-9-5-8-12(16)14(13)15(20)21/h2-9,17H,1H3,(H,20,21). The van der Waals surface area contributed by atoms with E-state index < -0.39 is 5.97 Å². The van der Waals surface area contributed by atoms with Crippen LogP contribution in [0.1, 0.15) is 17.3 Å². The second kappa shape index (κ2) is 6.28. The summed E-state index contributed by atoms with van der Waals surface area (Å²) in [5.41, 5.74) is 3.59. The number of nitrogens with one attached hydrogen (secondary N) is 1. The zero-order valence-corrected chi connectivity index (χ0v) is 12.0. The Kier molecular flexibility index (Phi) is 4.45. The van der Waals surface area contributed by atoms with E-state index in [4.69, 9.17) is 11.6 Å². The Hall–Kier alpha value is -2.53. The van der Waals surface area contributed by atoms with E-state index in [9.17, 15) is 14.7 Å². The van der Waals surface area contributed by atoms with Gasteiger partial charge in [0.15, 0.2) is 0 Å². The van der Waals surface area contributed by atoms with Gasteiger partial charge in [0.2, 0.25) is 5.91 Å². The van der Waals surface area contributed by atoms with Crippen LogP contribution in [0.15, 0.2) is 48.5 Å². The molecule has 0 saturated carbocycles. The van der Waals surface area contributed by atoms with E-state index in [2.05, 4.69) is 5.43 Å². The predicted octanol–water partition coefficient (Wildman–Crippen LogP) is 3.42. The minimum Gasteiger partial charge on any atom is -0.478 e. The molecular formula is C15H13ClN2O3. The topological polar surface area (TPSA) is 69.6 Å². The van der Waals surface area contributed by atoms with E-state index in [0.29, 0.717) is 5.69 Å². The van der Waals surface area contributed by atoms with Gasteiger partial charge in [-0.2, -0.15) is 0 Å². The van der Waals surface area contributed by atoms with Crippen molar-refractivity contribution in [3.8, 4) is 0 Å². The smallest absolute Gasteiger partial charge is 0.339 e. The van der Waals surface area contributed by atoms with Crippen molar-refractivity contribution < 1.29 is 14.7 Å². The lowest BCUT2D eigenvalue weighted by Gasteiger charge is -2.24. The van der Waals surface area contributed by atoms with Gasteiger partial charge < -0.3 is 5.11 Å². The number of nitrogens with zero attached hydrogens (tertiary/aromatic N) is 1. The molecular weight excluding hydrogens is 292 g/mol. The third kappa shape index (κ3) is 3.32. The van der Waals surface area contributed by atoms with Crippen molar-refractivity contribution in [2.75, 3.05) is 10.4 Å². The average molecular weight is 305 g/mol. The molecule has 0 aliphatic heterocycles. The fourth-order valence-corrected chi connectivity index (χ4v) is 2.11. The maximum atomic E-state index is 11.9. The van der Waals surface area contributed by atoms with Crippen LogP contribution in [0.3, 0.4) is 0 Å². The molecule has 2 aromatic carbocycles. The molecule has 0 radical (unpaired) electrons. The number of hydrogen-bond donors (Lipinski definition) is 2. The minimum absolute atomic E-state index is 0.0705. The van der Waals surface area contributed by atoms with Crippen LogP contribution < -0.4 is 10.4 Å². The summed E-state index contributed by atoms with van der Waals surface area (Å²) in [6.45, 7) is 1.34. The molecule has 5 nitrogen and oxygen atoms in total. The number of carboxylic acids is 1. The highest BCUT2D eigenvalue weighted by Gasteiger charge is 2.22. The lowest BCUT2D eigenvalue weighted by atomic mass is 10.1. The second-order valence-electron chi connectivity index (χ2n) is 4.27. The van der Waals surface area contributed by atoms with Crippen LogP contribution in [0, 0.1) is 0 Å². The first kappa shape index (κ1) is 14.9. The summed E-state index contributed by atoms with van der Waals surface area (Å²) in [6.07, 6.45) is 0. The van der Waals surface area contributed by atoms with Crippen molar-refractivity contribution in [1.29, 1.82) is 0 Å². The highest BCUT2D eigenvalue weighted by molar-refractivity contribution is 6.34. The van der Waals surface area contributed by atoms with Crippen molar-refractivity contribution in [2.24, 2.45) is 0 Å². The fourth-order valence-electron chi connectivity index (χ4n) is 1.86. The Labute approximate surface area is 126 Å². The molecule has 0 saturated heterocycles. The van der Waals surface area contributed by atoms with Crippen molar-refractivity contribution in [3.63, 3.8) is 0 Å². The zero-order valence-electron chi connectivity index (χ0n) is 11.2. The molecule has 0 heterocycles. The monoisotopic (exact) mass is 304 g/mol. The van der Waals surface area contributed by atoms with Crippen molar-refractivity contribution >= 4 is 34.9 Å². The zero-order chi connectivity index (χ0) is 15.4. The number of hydrazine groups is 1. The van der Waals surface area contributed by atoms with Gasteiger partial charge in [0, 0.05) is 6.92 Å². The third-order valence-electron chi connectivity index (χ3n) is 2.78. The van der Waals surface area contributed by atoms with E-state index in [1.165, 1.54) is 19.1 Å². The number of carboxylic acid groups (broad SMARTS) is 1.